The van der Waals surface area contributed by atoms with Crippen LogP contribution in [0.25, 0.3) is 0 Å². The Balaban J connectivity index is 1.73. The van der Waals surface area contributed by atoms with Gasteiger partial charge in [-0.3, -0.25) is 4.79 Å². The molecule has 0 aliphatic carbocycles. The molecule has 5 heteroatoms. The molecule has 0 saturated carbocycles. The van der Waals surface area contributed by atoms with Crippen LogP contribution < -0.4 is 0 Å². The molecule has 2 heterocycles. The molecule has 0 radical (unpaired) electrons. The third kappa shape index (κ3) is 4.44. The van der Waals surface area contributed by atoms with Gasteiger partial charge in [-0.1, -0.05) is 36.4 Å². The normalized spacial score (nSPS) is 19.0. The van der Waals surface area contributed by atoms with E-state index in [4.69, 9.17) is 4.74 Å². The molecule has 1 aliphatic heterocycles. The van der Waals surface area contributed by atoms with Crippen molar-refractivity contribution in [1.29, 1.82) is 0 Å². The van der Waals surface area contributed by atoms with Gasteiger partial charge in [0.25, 0.3) is 0 Å². The zero-order chi connectivity index (χ0) is 16.8. The van der Waals surface area contributed by atoms with Crippen LogP contribution in [0, 0.1) is 5.92 Å². The first-order valence-corrected chi connectivity index (χ1v) is 9.24. The topological polar surface area (TPSA) is 49.8 Å². The second-order valence-electron chi connectivity index (χ2n) is 6.15. The van der Waals surface area contributed by atoms with Crippen molar-refractivity contribution >= 4 is 17.2 Å². The maximum atomic E-state index is 12.9. The van der Waals surface area contributed by atoms with Gasteiger partial charge in [0.1, 0.15) is 6.10 Å². The molecule has 1 aromatic heterocycles. The first kappa shape index (κ1) is 17.1. The van der Waals surface area contributed by atoms with Gasteiger partial charge in [0.05, 0.1) is 19.1 Å². The highest BCUT2D eigenvalue weighted by Crippen LogP contribution is 2.23. The number of aliphatic hydroxyl groups is 1. The van der Waals surface area contributed by atoms with Crippen molar-refractivity contribution < 1.29 is 14.6 Å². The Labute approximate surface area is 146 Å². The van der Waals surface area contributed by atoms with Gasteiger partial charge in [0, 0.05) is 18.0 Å². The van der Waals surface area contributed by atoms with Crippen LogP contribution >= 0.6 is 11.3 Å². The molecule has 1 amide bonds. The Hall–Kier alpha value is -1.69. The number of aliphatic hydroxyl groups excluding tert-OH is 1. The van der Waals surface area contributed by atoms with E-state index in [1.54, 1.807) is 4.90 Å². The molecule has 4 nitrogen and oxygen atoms in total. The fraction of sp³-hybridized carbons (Fsp3) is 0.421. The van der Waals surface area contributed by atoms with Crippen molar-refractivity contribution in [3.63, 3.8) is 0 Å². The molecule has 0 spiro atoms. The lowest BCUT2D eigenvalue weighted by atomic mass is 10.00. The zero-order valence-corrected chi connectivity index (χ0v) is 14.5. The van der Waals surface area contributed by atoms with Gasteiger partial charge in [-0.15, -0.1) is 11.3 Å². The van der Waals surface area contributed by atoms with Gasteiger partial charge in [0.15, 0.2) is 0 Å². The van der Waals surface area contributed by atoms with Crippen molar-refractivity contribution in [2.75, 3.05) is 19.8 Å². The SMILES string of the molecule is O=C(C1CCCOC1)N(Cc1ccccc1)CC(O)c1cccs1. The van der Waals surface area contributed by atoms with Gasteiger partial charge in [-0.05, 0) is 29.9 Å². The van der Waals surface area contributed by atoms with E-state index in [0.29, 0.717) is 19.7 Å². The van der Waals surface area contributed by atoms with Crippen LogP contribution in [0.5, 0.6) is 0 Å². The van der Waals surface area contributed by atoms with E-state index in [9.17, 15) is 9.90 Å². The molecular weight excluding hydrogens is 322 g/mol. The van der Waals surface area contributed by atoms with Crippen molar-refractivity contribution in [3.8, 4) is 0 Å². The van der Waals surface area contributed by atoms with E-state index in [-0.39, 0.29) is 11.8 Å². The molecule has 24 heavy (non-hydrogen) atoms. The summed E-state index contributed by atoms with van der Waals surface area (Å²) >= 11 is 1.51. The van der Waals surface area contributed by atoms with Crippen LogP contribution in [0.2, 0.25) is 0 Å². The fourth-order valence-electron chi connectivity index (χ4n) is 3.01. The van der Waals surface area contributed by atoms with Crippen LogP contribution in [-0.2, 0) is 16.1 Å². The number of carbonyl (C=O) groups is 1. The number of hydrogen-bond acceptors (Lipinski definition) is 4. The van der Waals surface area contributed by atoms with Crippen LogP contribution in [0.3, 0.4) is 0 Å². The molecule has 2 unspecified atom stereocenters. The highest BCUT2D eigenvalue weighted by Gasteiger charge is 2.28. The predicted molar refractivity (Wildman–Crippen MR) is 94.7 cm³/mol. The van der Waals surface area contributed by atoms with E-state index in [1.807, 2.05) is 47.8 Å². The Bertz CT molecular complexity index is 623. The van der Waals surface area contributed by atoms with Crippen molar-refractivity contribution in [1.82, 2.24) is 4.90 Å². The summed E-state index contributed by atoms with van der Waals surface area (Å²) in [6.07, 6.45) is 1.13. The predicted octanol–water partition coefficient (Wildman–Crippen LogP) is 3.24. The monoisotopic (exact) mass is 345 g/mol. The zero-order valence-electron chi connectivity index (χ0n) is 13.6. The van der Waals surface area contributed by atoms with Crippen LogP contribution in [0.1, 0.15) is 29.4 Å². The molecule has 3 rings (SSSR count). The van der Waals surface area contributed by atoms with Gasteiger partial charge < -0.3 is 14.7 Å². The largest absolute Gasteiger partial charge is 0.386 e. The Kier molecular flexibility index (Phi) is 6.01. The first-order valence-electron chi connectivity index (χ1n) is 8.36. The molecule has 1 saturated heterocycles. The minimum absolute atomic E-state index is 0.0779. The third-order valence-electron chi connectivity index (χ3n) is 4.30. The molecule has 2 atom stereocenters. The maximum Gasteiger partial charge on any atom is 0.228 e. The quantitative estimate of drug-likeness (QED) is 0.874. The van der Waals surface area contributed by atoms with Gasteiger partial charge >= 0.3 is 0 Å². The lowest BCUT2D eigenvalue weighted by molar-refractivity contribution is -0.141. The lowest BCUT2D eigenvalue weighted by Gasteiger charge is -2.30. The summed E-state index contributed by atoms with van der Waals surface area (Å²) in [5.74, 6) is -0.0212. The summed E-state index contributed by atoms with van der Waals surface area (Å²) in [5.41, 5.74) is 1.07. The smallest absolute Gasteiger partial charge is 0.228 e. The fourth-order valence-corrected chi connectivity index (χ4v) is 3.71. The Morgan fingerprint density at radius 3 is 2.79 bits per heavy atom. The average molecular weight is 345 g/mol. The number of benzene rings is 1. The number of thiophene rings is 1. The summed E-state index contributed by atoms with van der Waals surface area (Å²) in [7, 11) is 0. The van der Waals surface area contributed by atoms with E-state index in [2.05, 4.69) is 0 Å². The lowest BCUT2D eigenvalue weighted by Crippen LogP contribution is -2.41. The molecule has 1 aliphatic rings. The van der Waals surface area contributed by atoms with Crippen molar-refractivity contribution in [3.05, 3.63) is 58.3 Å². The summed E-state index contributed by atoms with van der Waals surface area (Å²) in [4.78, 5) is 15.6. The summed E-state index contributed by atoms with van der Waals surface area (Å²) in [5, 5.41) is 12.4. The molecule has 0 bridgehead atoms. The standard InChI is InChI=1S/C19H23NO3S/c21-17(18-9-5-11-24-18)13-20(12-15-6-2-1-3-7-15)19(22)16-8-4-10-23-14-16/h1-3,5-7,9,11,16-17,21H,4,8,10,12-14H2. The highest BCUT2D eigenvalue weighted by atomic mass is 32.1. The maximum absolute atomic E-state index is 12.9. The van der Waals surface area contributed by atoms with Crippen LogP contribution in [0.4, 0.5) is 0 Å². The van der Waals surface area contributed by atoms with E-state index >= 15 is 0 Å². The van der Waals surface area contributed by atoms with Crippen molar-refractivity contribution in [2.24, 2.45) is 5.92 Å². The number of carbonyl (C=O) groups excluding carboxylic acids is 1. The van der Waals surface area contributed by atoms with E-state index in [0.717, 1.165) is 29.9 Å². The average Bonchev–Trinajstić information content (AvgIpc) is 3.17. The van der Waals surface area contributed by atoms with Gasteiger partial charge in [0.2, 0.25) is 5.91 Å². The van der Waals surface area contributed by atoms with Crippen molar-refractivity contribution in [2.45, 2.75) is 25.5 Å². The Morgan fingerprint density at radius 1 is 1.29 bits per heavy atom. The summed E-state index contributed by atoms with van der Waals surface area (Å²) in [6.45, 7) is 2.04. The highest BCUT2D eigenvalue weighted by molar-refractivity contribution is 7.10. The molecule has 2 aromatic rings. The Morgan fingerprint density at radius 2 is 2.12 bits per heavy atom. The third-order valence-corrected chi connectivity index (χ3v) is 5.28. The second-order valence-corrected chi connectivity index (χ2v) is 7.13. The number of amides is 1. The van der Waals surface area contributed by atoms with Gasteiger partial charge in [-0.2, -0.15) is 0 Å². The number of nitrogens with zero attached hydrogens (tertiary/aromatic N) is 1. The number of ether oxygens (including phenoxy) is 1. The molecule has 1 N–H and O–H groups in total. The second kappa shape index (κ2) is 8.42. The molecule has 128 valence electrons. The minimum atomic E-state index is -0.651. The number of hydrogen-bond donors (Lipinski definition) is 1. The number of rotatable bonds is 6. The van der Waals surface area contributed by atoms with E-state index in [1.165, 1.54) is 11.3 Å². The summed E-state index contributed by atoms with van der Waals surface area (Å²) in [6, 6.07) is 13.7. The van der Waals surface area contributed by atoms with E-state index < -0.39 is 6.10 Å². The molecular formula is C19H23NO3S. The first-order chi connectivity index (χ1) is 11.7. The molecule has 1 fully saturated rings. The molecule has 1 aromatic carbocycles. The minimum Gasteiger partial charge on any atom is -0.386 e. The van der Waals surface area contributed by atoms with Crippen LogP contribution in [-0.4, -0.2) is 35.7 Å². The summed E-state index contributed by atoms with van der Waals surface area (Å²) < 4.78 is 5.47. The van der Waals surface area contributed by atoms with Crippen LogP contribution in [0.15, 0.2) is 47.8 Å². The van der Waals surface area contributed by atoms with Gasteiger partial charge in [-0.25, -0.2) is 0 Å².